The van der Waals surface area contributed by atoms with Crippen molar-refractivity contribution in [1.82, 2.24) is 4.31 Å². The Bertz CT molecular complexity index is 840. The number of sulfonamides is 1. The fraction of sp³-hybridized carbons (Fsp3) is 0.368. The summed E-state index contributed by atoms with van der Waals surface area (Å²) in [6.45, 7) is 1.96. The van der Waals surface area contributed by atoms with Crippen LogP contribution in [0.2, 0.25) is 0 Å². The molecule has 0 N–H and O–H groups in total. The average molecular weight is 360 g/mol. The molecule has 3 aliphatic rings. The van der Waals surface area contributed by atoms with Crippen molar-refractivity contribution >= 4 is 21.8 Å². The fourth-order valence-electron chi connectivity index (χ4n) is 3.95. The largest absolute Gasteiger partial charge is 0.243 e. The highest BCUT2D eigenvalue weighted by Gasteiger charge is 2.71. The predicted octanol–water partition coefficient (Wildman–Crippen LogP) is 4.08. The lowest BCUT2D eigenvalue weighted by atomic mass is 9.49. The Balaban J connectivity index is 1.48. The predicted molar refractivity (Wildman–Crippen MR) is 97.7 cm³/mol. The van der Waals surface area contributed by atoms with E-state index in [-0.39, 0.29) is 10.3 Å². The van der Waals surface area contributed by atoms with Crippen LogP contribution in [0.25, 0.3) is 0 Å². The van der Waals surface area contributed by atoms with Gasteiger partial charge in [0, 0.05) is 22.2 Å². The third-order valence-corrected chi connectivity index (χ3v) is 8.73. The average Bonchev–Trinajstić information content (AvgIpc) is 2.50. The molecule has 2 aromatic carbocycles. The molecule has 0 amide bonds. The summed E-state index contributed by atoms with van der Waals surface area (Å²) in [4.78, 5) is 1.67. The van der Waals surface area contributed by atoms with E-state index >= 15 is 0 Å². The van der Waals surface area contributed by atoms with Crippen LogP contribution >= 0.6 is 11.8 Å². The molecule has 0 spiro atoms. The summed E-state index contributed by atoms with van der Waals surface area (Å²) in [5.41, 5.74) is 0.895. The summed E-state index contributed by atoms with van der Waals surface area (Å²) in [6.07, 6.45) is 2.84. The first-order valence-corrected chi connectivity index (χ1v) is 10.4. The highest BCUT2D eigenvalue weighted by molar-refractivity contribution is 8.01. The fourth-order valence-corrected chi connectivity index (χ4v) is 7.26. The van der Waals surface area contributed by atoms with Gasteiger partial charge in [0.2, 0.25) is 10.0 Å². The van der Waals surface area contributed by atoms with Crippen LogP contribution in [0.1, 0.15) is 24.8 Å². The number of rotatable bonds is 5. The molecule has 0 aromatic heterocycles. The Morgan fingerprint density at radius 3 is 2.12 bits per heavy atom. The second-order valence-corrected chi connectivity index (χ2v) is 10.6. The van der Waals surface area contributed by atoms with Crippen LogP contribution in [-0.2, 0) is 10.0 Å². The van der Waals surface area contributed by atoms with Gasteiger partial charge in [0.15, 0.2) is 0 Å². The van der Waals surface area contributed by atoms with Gasteiger partial charge in [-0.25, -0.2) is 8.42 Å². The molecule has 24 heavy (non-hydrogen) atoms. The first-order valence-electron chi connectivity index (χ1n) is 8.15. The standard InChI is InChI=1S/C19H21NO2S2/c1-15-8-10-17(11-9-15)24(21,22)20(2)18-12-19(13-18,14-18)23-16-6-4-3-5-7-16/h3-11H,12-14H2,1-2H3. The summed E-state index contributed by atoms with van der Waals surface area (Å²) in [6, 6.07) is 17.5. The minimum atomic E-state index is -3.41. The van der Waals surface area contributed by atoms with E-state index in [2.05, 4.69) is 24.3 Å². The number of nitrogens with zero attached hydrogens (tertiary/aromatic N) is 1. The molecular weight excluding hydrogens is 338 g/mol. The van der Waals surface area contributed by atoms with Crippen LogP contribution < -0.4 is 0 Å². The molecule has 2 bridgehead atoms. The maximum atomic E-state index is 12.9. The van der Waals surface area contributed by atoms with E-state index < -0.39 is 10.0 Å². The van der Waals surface area contributed by atoms with E-state index in [0.717, 1.165) is 24.8 Å². The van der Waals surface area contributed by atoms with Crippen molar-refractivity contribution in [2.75, 3.05) is 7.05 Å². The maximum Gasteiger partial charge on any atom is 0.243 e. The molecule has 0 heterocycles. The van der Waals surface area contributed by atoms with Crippen molar-refractivity contribution in [2.45, 2.75) is 46.3 Å². The lowest BCUT2D eigenvalue weighted by Crippen LogP contribution is -2.77. The molecule has 0 saturated heterocycles. The number of hydrogen-bond acceptors (Lipinski definition) is 3. The molecule has 3 fully saturated rings. The van der Waals surface area contributed by atoms with Crippen molar-refractivity contribution < 1.29 is 8.42 Å². The van der Waals surface area contributed by atoms with Gasteiger partial charge in [0.05, 0.1) is 4.90 Å². The van der Waals surface area contributed by atoms with Crippen LogP contribution in [0.5, 0.6) is 0 Å². The lowest BCUT2D eigenvalue weighted by molar-refractivity contribution is -0.0671. The molecule has 0 aliphatic heterocycles. The van der Waals surface area contributed by atoms with E-state index in [4.69, 9.17) is 0 Å². The van der Waals surface area contributed by atoms with E-state index in [1.165, 1.54) is 4.90 Å². The summed E-state index contributed by atoms with van der Waals surface area (Å²) < 4.78 is 27.6. The molecule has 3 nitrogen and oxygen atoms in total. The second-order valence-electron chi connectivity index (χ2n) is 7.14. The molecular formula is C19H21NO2S2. The zero-order chi connectivity index (χ0) is 17.0. The van der Waals surface area contributed by atoms with Crippen molar-refractivity contribution in [1.29, 1.82) is 0 Å². The van der Waals surface area contributed by atoms with Gasteiger partial charge >= 0.3 is 0 Å². The van der Waals surface area contributed by atoms with E-state index in [0.29, 0.717) is 4.90 Å². The quantitative estimate of drug-likeness (QED) is 0.807. The molecule has 5 heteroatoms. The molecule has 3 aliphatic carbocycles. The first kappa shape index (κ1) is 16.2. The van der Waals surface area contributed by atoms with Crippen molar-refractivity contribution in [2.24, 2.45) is 0 Å². The molecule has 5 rings (SSSR count). The number of hydrogen-bond donors (Lipinski definition) is 0. The third kappa shape index (κ3) is 2.41. The minimum absolute atomic E-state index is 0.175. The van der Waals surface area contributed by atoms with Gasteiger partial charge in [-0.3, -0.25) is 0 Å². The summed E-state index contributed by atoms with van der Waals surface area (Å²) in [5, 5.41) is 0. The lowest BCUT2D eigenvalue weighted by Gasteiger charge is -2.72. The smallest absolute Gasteiger partial charge is 0.207 e. The van der Waals surface area contributed by atoms with E-state index in [1.807, 2.05) is 36.9 Å². The van der Waals surface area contributed by atoms with Gasteiger partial charge in [-0.1, -0.05) is 35.9 Å². The van der Waals surface area contributed by atoms with E-state index in [1.54, 1.807) is 23.5 Å². The molecule has 0 atom stereocenters. The van der Waals surface area contributed by atoms with Gasteiger partial charge in [-0.05, 0) is 50.5 Å². The highest BCUT2D eigenvalue weighted by Crippen LogP contribution is 2.71. The van der Waals surface area contributed by atoms with E-state index in [9.17, 15) is 8.42 Å². The van der Waals surface area contributed by atoms with Gasteiger partial charge in [0.1, 0.15) is 0 Å². The Morgan fingerprint density at radius 1 is 0.958 bits per heavy atom. The monoisotopic (exact) mass is 359 g/mol. The summed E-state index contributed by atoms with van der Waals surface area (Å²) in [7, 11) is -1.67. The van der Waals surface area contributed by atoms with Crippen molar-refractivity contribution in [3.63, 3.8) is 0 Å². The molecule has 3 saturated carbocycles. The number of aryl methyl sites for hydroxylation is 1. The molecule has 126 valence electrons. The van der Waals surface area contributed by atoms with Crippen LogP contribution in [-0.4, -0.2) is 30.1 Å². The Morgan fingerprint density at radius 2 is 1.54 bits per heavy atom. The van der Waals surface area contributed by atoms with Crippen molar-refractivity contribution in [3.05, 3.63) is 60.2 Å². The zero-order valence-electron chi connectivity index (χ0n) is 13.9. The second kappa shape index (κ2) is 5.35. The summed E-state index contributed by atoms with van der Waals surface area (Å²) >= 11 is 1.90. The van der Waals surface area contributed by atoms with Gasteiger partial charge < -0.3 is 0 Å². The molecule has 2 aromatic rings. The normalized spacial score (nSPS) is 28.3. The Hall–Kier alpha value is -1.30. The van der Waals surface area contributed by atoms with Gasteiger partial charge in [0.25, 0.3) is 0 Å². The van der Waals surface area contributed by atoms with Crippen molar-refractivity contribution in [3.8, 4) is 0 Å². The zero-order valence-corrected chi connectivity index (χ0v) is 15.5. The van der Waals surface area contributed by atoms with Crippen LogP contribution in [0.3, 0.4) is 0 Å². The maximum absolute atomic E-state index is 12.9. The first-order chi connectivity index (χ1) is 11.4. The minimum Gasteiger partial charge on any atom is -0.207 e. The molecule has 0 unspecified atom stereocenters. The Labute approximate surface area is 148 Å². The third-order valence-electron chi connectivity index (χ3n) is 5.38. The number of thioether (sulfide) groups is 1. The molecule has 0 radical (unpaired) electrons. The van der Waals surface area contributed by atoms with Crippen LogP contribution in [0, 0.1) is 6.92 Å². The van der Waals surface area contributed by atoms with Gasteiger partial charge in [-0.2, -0.15) is 4.31 Å². The summed E-state index contributed by atoms with van der Waals surface area (Å²) in [5.74, 6) is 0. The van der Waals surface area contributed by atoms with Crippen LogP contribution in [0.15, 0.2) is 64.4 Å². The topological polar surface area (TPSA) is 37.4 Å². The highest BCUT2D eigenvalue weighted by atomic mass is 32.2. The van der Waals surface area contributed by atoms with Crippen LogP contribution in [0.4, 0.5) is 0 Å². The Kier molecular flexibility index (Phi) is 3.61. The van der Waals surface area contributed by atoms with Gasteiger partial charge in [-0.15, -0.1) is 11.8 Å². The SMILES string of the molecule is Cc1ccc(S(=O)(=O)N(C)C23CC(Sc4ccccc4)(C2)C3)cc1. The number of benzene rings is 2.